The van der Waals surface area contributed by atoms with Gasteiger partial charge in [-0.25, -0.2) is 0 Å². The fourth-order valence-corrected chi connectivity index (χ4v) is 4.65. The van der Waals surface area contributed by atoms with E-state index in [4.69, 9.17) is 9.15 Å². The van der Waals surface area contributed by atoms with Gasteiger partial charge in [-0.3, -0.25) is 14.5 Å². The quantitative estimate of drug-likeness (QED) is 0.662. The Hall–Kier alpha value is -3.10. The number of aromatic amines is 1. The summed E-state index contributed by atoms with van der Waals surface area (Å²) in [6.07, 6.45) is 4.44. The van der Waals surface area contributed by atoms with E-state index in [0.29, 0.717) is 39.4 Å². The molecule has 1 N–H and O–H groups in total. The van der Waals surface area contributed by atoms with Crippen molar-refractivity contribution in [3.63, 3.8) is 0 Å². The van der Waals surface area contributed by atoms with Gasteiger partial charge in [0, 0.05) is 56.4 Å². The fourth-order valence-electron chi connectivity index (χ4n) is 4.65. The molecule has 5 rings (SSSR count). The van der Waals surface area contributed by atoms with Gasteiger partial charge >= 0.3 is 0 Å². The first-order valence-electron chi connectivity index (χ1n) is 11.2. The Labute approximate surface area is 186 Å². The number of carbonyl (C=O) groups excluding carboxylic acids is 2. The molecule has 2 aliphatic heterocycles. The number of aromatic nitrogens is 1. The third-order valence-electron chi connectivity index (χ3n) is 6.44. The van der Waals surface area contributed by atoms with Crippen LogP contribution in [0.2, 0.25) is 0 Å². The van der Waals surface area contributed by atoms with Gasteiger partial charge in [-0.2, -0.15) is 0 Å². The zero-order chi connectivity index (χ0) is 21.9. The smallest absolute Gasteiger partial charge is 0.290 e. The van der Waals surface area contributed by atoms with E-state index in [9.17, 15) is 9.59 Å². The van der Waals surface area contributed by atoms with Crippen LogP contribution in [-0.4, -0.2) is 90.0 Å². The summed E-state index contributed by atoms with van der Waals surface area (Å²) < 4.78 is 10.7. The normalized spacial score (nSPS) is 20.1. The van der Waals surface area contributed by atoms with E-state index < -0.39 is 6.04 Å². The van der Waals surface area contributed by atoms with Gasteiger partial charge in [-0.1, -0.05) is 18.2 Å². The van der Waals surface area contributed by atoms with Gasteiger partial charge in [0.1, 0.15) is 6.04 Å². The van der Waals surface area contributed by atoms with Crippen LogP contribution in [-0.2, 0) is 16.0 Å². The molecule has 8 heteroatoms. The molecule has 1 atom stereocenters. The number of furan rings is 1. The monoisotopic (exact) mass is 436 g/mol. The third kappa shape index (κ3) is 4.16. The van der Waals surface area contributed by atoms with Crippen molar-refractivity contribution >= 4 is 22.7 Å². The largest absolute Gasteiger partial charge is 0.459 e. The maximum absolute atomic E-state index is 13.4. The lowest BCUT2D eigenvalue weighted by molar-refractivity contribution is -0.142. The highest BCUT2D eigenvalue weighted by Crippen LogP contribution is 2.21. The molecule has 4 heterocycles. The number of H-pyrrole nitrogens is 1. The van der Waals surface area contributed by atoms with Crippen LogP contribution < -0.4 is 0 Å². The zero-order valence-electron chi connectivity index (χ0n) is 18.0. The number of morpholine rings is 1. The van der Waals surface area contributed by atoms with Crippen LogP contribution in [0, 0.1) is 0 Å². The van der Waals surface area contributed by atoms with Crippen LogP contribution in [0.5, 0.6) is 0 Å². The Morgan fingerprint density at radius 3 is 2.69 bits per heavy atom. The number of fused-ring (bicyclic) bond motifs is 1. The van der Waals surface area contributed by atoms with Crippen molar-refractivity contribution < 1.29 is 18.7 Å². The van der Waals surface area contributed by atoms with Crippen LogP contribution in [0.15, 0.2) is 53.3 Å². The Morgan fingerprint density at radius 1 is 1.03 bits per heavy atom. The minimum absolute atomic E-state index is 0.00926. The first-order valence-corrected chi connectivity index (χ1v) is 11.2. The topological polar surface area (TPSA) is 82.0 Å². The second-order valence-corrected chi connectivity index (χ2v) is 8.34. The number of benzene rings is 1. The molecule has 0 saturated carbocycles. The lowest BCUT2D eigenvalue weighted by atomic mass is 10.1. The summed E-state index contributed by atoms with van der Waals surface area (Å²) in [5.41, 5.74) is 2.41. The van der Waals surface area contributed by atoms with Gasteiger partial charge in [0.15, 0.2) is 5.76 Å². The number of piperazine rings is 1. The molecular weight excluding hydrogens is 408 g/mol. The molecule has 168 valence electrons. The summed E-state index contributed by atoms with van der Waals surface area (Å²) in [6, 6.07) is 11.1. The highest BCUT2D eigenvalue weighted by molar-refractivity contribution is 5.96. The second-order valence-electron chi connectivity index (χ2n) is 8.34. The Kier molecular flexibility index (Phi) is 5.96. The molecule has 1 aromatic carbocycles. The van der Waals surface area contributed by atoms with E-state index in [2.05, 4.69) is 34.3 Å². The summed E-state index contributed by atoms with van der Waals surface area (Å²) in [6.45, 7) is 4.77. The fraction of sp³-hybridized carbons (Fsp3) is 0.417. The molecule has 8 nitrogen and oxygen atoms in total. The number of carbonyl (C=O) groups is 2. The van der Waals surface area contributed by atoms with Gasteiger partial charge < -0.3 is 23.9 Å². The summed E-state index contributed by atoms with van der Waals surface area (Å²) in [5, 5.41) is 1.24. The van der Waals surface area contributed by atoms with Crippen molar-refractivity contribution in [2.45, 2.75) is 12.5 Å². The first-order chi connectivity index (χ1) is 15.7. The lowest BCUT2D eigenvalue weighted by Crippen LogP contribution is -2.62. The second kappa shape index (κ2) is 9.18. The number of hydrogen-bond donors (Lipinski definition) is 1. The zero-order valence-corrected chi connectivity index (χ0v) is 18.0. The SMILES string of the molecule is O=C(C1CN(CCc2c[nH]c3ccccc23)CCN1C(=O)c1ccco1)N1CCOCC1. The minimum atomic E-state index is -0.526. The number of ether oxygens (including phenoxy) is 1. The lowest BCUT2D eigenvalue weighted by Gasteiger charge is -2.42. The number of amides is 2. The highest BCUT2D eigenvalue weighted by Gasteiger charge is 2.38. The van der Waals surface area contributed by atoms with Crippen LogP contribution in [0.1, 0.15) is 16.1 Å². The first kappa shape index (κ1) is 20.8. The van der Waals surface area contributed by atoms with Crippen molar-refractivity contribution in [3.8, 4) is 0 Å². The van der Waals surface area contributed by atoms with Gasteiger partial charge in [0.05, 0.1) is 19.5 Å². The van der Waals surface area contributed by atoms with Crippen molar-refractivity contribution in [1.82, 2.24) is 19.7 Å². The van der Waals surface area contributed by atoms with Gasteiger partial charge in [-0.05, 0) is 30.2 Å². The van der Waals surface area contributed by atoms with Gasteiger partial charge in [-0.15, -0.1) is 0 Å². The van der Waals surface area contributed by atoms with Crippen molar-refractivity contribution in [2.24, 2.45) is 0 Å². The number of hydrogen-bond acceptors (Lipinski definition) is 5. The number of para-hydroxylation sites is 1. The van der Waals surface area contributed by atoms with E-state index in [1.165, 1.54) is 17.2 Å². The van der Waals surface area contributed by atoms with Crippen LogP contribution in [0.3, 0.4) is 0 Å². The minimum Gasteiger partial charge on any atom is -0.459 e. The molecule has 3 aromatic rings. The molecule has 2 aromatic heterocycles. The van der Waals surface area contributed by atoms with Crippen LogP contribution in [0.4, 0.5) is 0 Å². The molecule has 0 aliphatic carbocycles. The Morgan fingerprint density at radius 2 is 1.88 bits per heavy atom. The van der Waals surface area contributed by atoms with E-state index in [1.807, 2.05) is 11.0 Å². The molecule has 0 radical (unpaired) electrons. The average Bonchev–Trinajstić information content (AvgIpc) is 3.53. The summed E-state index contributed by atoms with van der Waals surface area (Å²) in [7, 11) is 0. The average molecular weight is 437 g/mol. The van der Waals surface area contributed by atoms with Crippen molar-refractivity contribution in [1.29, 1.82) is 0 Å². The van der Waals surface area contributed by atoms with E-state index in [1.54, 1.807) is 17.0 Å². The summed E-state index contributed by atoms with van der Waals surface area (Å²) in [4.78, 5) is 35.6. The predicted molar refractivity (Wildman–Crippen MR) is 119 cm³/mol. The Balaban J connectivity index is 1.31. The summed E-state index contributed by atoms with van der Waals surface area (Å²) in [5.74, 6) is 0.0416. The maximum Gasteiger partial charge on any atom is 0.290 e. The standard InChI is InChI=1S/C24H28N4O4/c29-23(27-11-14-31-15-12-27)21-17-26(9-10-28(21)24(30)22-6-3-13-32-22)8-7-18-16-25-20-5-2-1-4-19(18)20/h1-6,13,16,21,25H,7-12,14-15,17H2. The molecular formula is C24H28N4O4. The molecule has 2 saturated heterocycles. The molecule has 2 amide bonds. The Bertz CT molecular complexity index is 1070. The molecule has 2 fully saturated rings. The number of nitrogens with one attached hydrogen (secondary N) is 1. The molecule has 0 spiro atoms. The van der Waals surface area contributed by atoms with Crippen molar-refractivity contribution in [2.75, 3.05) is 52.5 Å². The van der Waals surface area contributed by atoms with E-state index >= 15 is 0 Å². The highest BCUT2D eigenvalue weighted by atomic mass is 16.5. The van der Waals surface area contributed by atoms with E-state index in [-0.39, 0.29) is 17.6 Å². The van der Waals surface area contributed by atoms with E-state index in [0.717, 1.165) is 25.0 Å². The summed E-state index contributed by atoms with van der Waals surface area (Å²) >= 11 is 0. The number of nitrogens with zero attached hydrogens (tertiary/aromatic N) is 3. The maximum atomic E-state index is 13.4. The predicted octanol–water partition coefficient (Wildman–Crippen LogP) is 1.99. The van der Waals surface area contributed by atoms with Crippen LogP contribution in [0.25, 0.3) is 10.9 Å². The molecule has 0 bridgehead atoms. The van der Waals surface area contributed by atoms with Gasteiger partial charge in [0.25, 0.3) is 5.91 Å². The molecule has 2 aliphatic rings. The van der Waals surface area contributed by atoms with Crippen LogP contribution >= 0.6 is 0 Å². The van der Waals surface area contributed by atoms with Crippen molar-refractivity contribution in [3.05, 3.63) is 60.2 Å². The molecule has 32 heavy (non-hydrogen) atoms. The van der Waals surface area contributed by atoms with Gasteiger partial charge in [0.2, 0.25) is 5.91 Å². The third-order valence-corrected chi connectivity index (χ3v) is 6.44. The number of rotatable bonds is 5. The molecule has 1 unspecified atom stereocenters.